The van der Waals surface area contributed by atoms with Crippen LogP contribution < -0.4 is 10.9 Å². The minimum absolute atomic E-state index is 0.0813. The summed E-state index contributed by atoms with van der Waals surface area (Å²) >= 11 is 0. The molecule has 1 atom stereocenters. The Bertz CT molecular complexity index is 1400. The number of hydrogen-bond acceptors (Lipinski definition) is 6. The maximum absolute atomic E-state index is 13.3. The fourth-order valence-electron chi connectivity index (χ4n) is 3.66. The van der Waals surface area contributed by atoms with Crippen LogP contribution in [0.1, 0.15) is 48.2 Å². The summed E-state index contributed by atoms with van der Waals surface area (Å²) in [5, 5.41) is 13.3. The van der Waals surface area contributed by atoms with Crippen LogP contribution in [0.3, 0.4) is 0 Å². The van der Waals surface area contributed by atoms with Crippen molar-refractivity contribution in [2.75, 3.05) is 13.3 Å². The van der Waals surface area contributed by atoms with Crippen LogP contribution in [-0.2, 0) is 23.0 Å². The number of unbranched alkanes of at least 4 members (excludes halogenated alkanes) is 1. The van der Waals surface area contributed by atoms with Gasteiger partial charge in [-0.3, -0.25) is 14.6 Å². The van der Waals surface area contributed by atoms with E-state index in [0.29, 0.717) is 24.9 Å². The van der Waals surface area contributed by atoms with Crippen LogP contribution >= 0.6 is 0 Å². The number of benzene rings is 1. The van der Waals surface area contributed by atoms with E-state index in [9.17, 15) is 27.5 Å². The van der Waals surface area contributed by atoms with Crippen LogP contribution in [-0.4, -0.2) is 52.8 Å². The molecule has 1 unspecified atom stereocenters. The highest BCUT2D eigenvalue weighted by molar-refractivity contribution is 7.88. The normalized spacial score (nSPS) is 12.7. The standard InChI is InChI=1S/C24H29FN4O5S/c1-5-6-11-29-19-13-17(12-16-7-9-18(25)10-8-16)14-26-21(19)22(30)20(24(29)32)23(31)27-15(2)28(3)35(4,33)34/h7-10,13-15,30H,5-6,11-12H2,1-4H3,(H,27,31). The van der Waals surface area contributed by atoms with Crippen molar-refractivity contribution in [1.82, 2.24) is 19.2 Å². The Kier molecular flexibility index (Phi) is 7.91. The largest absolute Gasteiger partial charge is 0.505 e. The van der Waals surface area contributed by atoms with E-state index < -0.39 is 39.0 Å². The molecule has 3 aromatic rings. The zero-order chi connectivity index (χ0) is 25.9. The molecule has 188 valence electrons. The summed E-state index contributed by atoms with van der Waals surface area (Å²) in [6.45, 7) is 3.71. The van der Waals surface area contributed by atoms with Crippen LogP contribution in [0.5, 0.6) is 5.75 Å². The van der Waals surface area contributed by atoms with Crippen molar-refractivity contribution in [3.8, 4) is 5.75 Å². The quantitative estimate of drug-likeness (QED) is 0.432. The van der Waals surface area contributed by atoms with Gasteiger partial charge in [-0.05, 0) is 49.1 Å². The molecule has 0 saturated heterocycles. The van der Waals surface area contributed by atoms with E-state index in [-0.39, 0.29) is 11.3 Å². The summed E-state index contributed by atoms with van der Waals surface area (Å²) in [5.74, 6) is -1.82. The molecule has 0 aliphatic carbocycles. The van der Waals surface area contributed by atoms with E-state index in [1.807, 2.05) is 6.92 Å². The molecule has 0 aliphatic rings. The summed E-state index contributed by atoms with van der Waals surface area (Å²) in [7, 11) is -2.30. The van der Waals surface area contributed by atoms with Gasteiger partial charge < -0.3 is 15.0 Å². The SMILES string of the molecule is CCCCn1c(=O)c(C(=O)NC(C)N(C)S(C)(=O)=O)c(O)c2ncc(Cc3ccc(F)cc3)cc21. The maximum Gasteiger partial charge on any atom is 0.267 e. The first-order valence-corrected chi connectivity index (χ1v) is 13.0. The van der Waals surface area contributed by atoms with Crippen molar-refractivity contribution in [3.05, 3.63) is 69.4 Å². The van der Waals surface area contributed by atoms with E-state index in [4.69, 9.17) is 0 Å². The van der Waals surface area contributed by atoms with Crippen molar-refractivity contribution in [1.29, 1.82) is 0 Å². The number of nitrogens with zero attached hydrogens (tertiary/aromatic N) is 3. The molecule has 1 amide bonds. The Labute approximate surface area is 203 Å². The number of halogens is 1. The van der Waals surface area contributed by atoms with Gasteiger partial charge in [-0.25, -0.2) is 12.8 Å². The minimum atomic E-state index is -3.60. The van der Waals surface area contributed by atoms with Gasteiger partial charge in [0.1, 0.15) is 16.9 Å². The monoisotopic (exact) mass is 504 g/mol. The number of rotatable bonds is 9. The van der Waals surface area contributed by atoms with Crippen LogP contribution in [0, 0.1) is 5.82 Å². The third-order valence-electron chi connectivity index (χ3n) is 5.83. The van der Waals surface area contributed by atoms with Crippen LogP contribution in [0.15, 0.2) is 41.3 Å². The van der Waals surface area contributed by atoms with Crippen LogP contribution in [0.2, 0.25) is 0 Å². The highest BCUT2D eigenvalue weighted by Crippen LogP contribution is 2.26. The molecule has 11 heteroatoms. The maximum atomic E-state index is 13.3. The van der Waals surface area contributed by atoms with Crippen LogP contribution in [0.25, 0.3) is 11.0 Å². The average molecular weight is 505 g/mol. The predicted octanol–water partition coefficient (Wildman–Crippen LogP) is 2.60. The van der Waals surface area contributed by atoms with Gasteiger partial charge in [0.25, 0.3) is 11.5 Å². The molecule has 3 rings (SSSR count). The Morgan fingerprint density at radius 2 is 1.91 bits per heavy atom. The highest BCUT2D eigenvalue weighted by atomic mass is 32.2. The molecule has 0 saturated carbocycles. The number of aryl methyl sites for hydroxylation is 1. The molecular weight excluding hydrogens is 475 g/mol. The molecule has 1 aromatic carbocycles. The van der Waals surface area contributed by atoms with Crippen molar-refractivity contribution in [3.63, 3.8) is 0 Å². The van der Waals surface area contributed by atoms with Crippen LogP contribution in [0.4, 0.5) is 4.39 Å². The summed E-state index contributed by atoms with van der Waals surface area (Å²) in [6.07, 6.45) is 3.44. The van der Waals surface area contributed by atoms with Gasteiger partial charge in [-0.15, -0.1) is 0 Å². The molecule has 0 fully saturated rings. The number of sulfonamides is 1. The first-order valence-electron chi connectivity index (χ1n) is 11.2. The van der Waals surface area contributed by atoms with Gasteiger partial charge in [0.15, 0.2) is 5.75 Å². The lowest BCUT2D eigenvalue weighted by Gasteiger charge is -2.23. The number of nitrogens with one attached hydrogen (secondary N) is 1. The molecule has 0 spiro atoms. The summed E-state index contributed by atoms with van der Waals surface area (Å²) in [5.41, 5.74) is 0.848. The zero-order valence-electron chi connectivity index (χ0n) is 20.1. The number of pyridine rings is 2. The first kappa shape index (κ1) is 26.3. The predicted molar refractivity (Wildman–Crippen MR) is 131 cm³/mol. The third-order valence-corrected chi connectivity index (χ3v) is 7.19. The molecule has 0 radical (unpaired) electrons. The van der Waals surface area contributed by atoms with Gasteiger partial charge in [0.2, 0.25) is 10.0 Å². The second-order valence-corrected chi connectivity index (χ2v) is 10.5. The van der Waals surface area contributed by atoms with E-state index in [2.05, 4.69) is 10.3 Å². The molecule has 0 bridgehead atoms. The summed E-state index contributed by atoms with van der Waals surface area (Å²) < 4.78 is 39.1. The number of carbonyl (C=O) groups excluding carboxylic acids is 1. The van der Waals surface area contributed by atoms with E-state index >= 15 is 0 Å². The molecule has 35 heavy (non-hydrogen) atoms. The molecule has 2 heterocycles. The van der Waals surface area contributed by atoms with Crippen molar-refractivity contribution in [2.45, 2.75) is 45.8 Å². The van der Waals surface area contributed by atoms with Gasteiger partial charge in [0, 0.05) is 19.8 Å². The fraction of sp³-hybridized carbons (Fsp3) is 0.375. The van der Waals surface area contributed by atoms with E-state index in [1.165, 1.54) is 36.9 Å². The summed E-state index contributed by atoms with van der Waals surface area (Å²) in [4.78, 5) is 30.6. The van der Waals surface area contributed by atoms with Crippen molar-refractivity contribution in [2.24, 2.45) is 0 Å². The molecule has 9 nitrogen and oxygen atoms in total. The fourth-order valence-corrected chi connectivity index (χ4v) is 4.29. The number of fused-ring (bicyclic) bond motifs is 1. The number of carbonyl (C=O) groups is 1. The van der Waals surface area contributed by atoms with E-state index in [0.717, 1.165) is 28.1 Å². The second kappa shape index (κ2) is 10.5. The molecular formula is C24H29FN4O5S. The highest BCUT2D eigenvalue weighted by Gasteiger charge is 2.27. The lowest BCUT2D eigenvalue weighted by Crippen LogP contribution is -2.47. The number of amides is 1. The Morgan fingerprint density at radius 1 is 1.26 bits per heavy atom. The molecule has 2 aromatic heterocycles. The minimum Gasteiger partial charge on any atom is -0.505 e. The lowest BCUT2D eigenvalue weighted by molar-refractivity contribution is 0.0913. The van der Waals surface area contributed by atoms with Gasteiger partial charge in [0.05, 0.1) is 17.9 Å². The topological polar surface area (TPSA) is 122 Å². The number of aromatic hydroxyl groups is 1. The lowest BCUT2D eigenvalue weighted by atomic mass is 10.0. The average Bonchev–Trinajstić information content (AvgIpc) is 2.79. The van der Waals surface area contributed by atoms with Gasteiger partial charge in [-0.1, -0.05) is 25.5 Å². The Balaban J connectivity index is 2.07. The third kappa shape index (κ3) is 5.85. The number of aromatic nitrogens is 2. The van der Waals surface area contributed by atoms with Crippen molar-refractivity contribution < 1.29 is 22.7 Å². The first-order chi connectivity index (χ1) is 16.4. The van der Waals surface area contributed by atoms with Gasteiger partial charge in [-0.2, -0.15) is 4.31 Å². The zero-order valence-corrected chi connectivity index (χ0v) is 20.9. The Morgan fingerprint density at radius 3 is 2.51 bits per heavy atom. The summed E-state index contributed by atoms with van der Waals surface area (Å²) in [6, 6.07) is 7.76. The van der Waals surface area contributed by atoms with Crippen molar-refractivity contribution >= 4 is 27.0 Å². The van der Waals surface area contributed by atoms with E-state index in [1.54, 1.807) is 18.2 Å². The molecule has 0 aliphatic heterocycles. The van der Waals surface area contributed by atoms with Gasteiger partial charge >= 0.3 is 0 Å². The number of hydrogen-bond donors (Lipinski definition) is 2. The second-order valence-electron chi connectivity index (χ2n) is 8.48. The molecule has 2 N–H and O–H groups in total. The smallest absolute Gasteiger partial charge is 0.267 e. The Hall–Kier alpha value is -3.31.